The van der Waals surface area contributed by atoms with E-state index in [-0.39, 0.29) is 11.1 Å². The molecule has 0 spiro atoms. The lowest BCUT2D eigenvalue weighted by molar-refractivity contribution is -0.137. The van der Waals surface area contributed by atoms with E-state index in [1.165, 1.54) is 6.07 Å². The molecule has 1 aliphatic rings. The van der Waals surface area contributed by atoms with Crippen molar-refractivity contribution in [1.29, 1.82) is 5.26 Å². The predicted molar refractivity (Wildman–Crippen MR) is 65.7 cm³/mol. The second kappa shape index (κ2) is 4.74. The Balaban J connectivity index is 2.29. The summed E-state index contributed by atoms with van der Waals surface area (Å²) >= 11 is 0. The van der Waals surface area contributed by atoms with Crippen LogP contribution in [0, 0.1) is 11.3 Å². The molecule has 6 heteroatoms. The molecule has 0 saturated carbocycles. The normalized spacial score (nSPS) is 23.1. The molecule has 1 aromatic carbocycles. The maximum absolute atomic E-state index is 12.6. The zero-order valence-electron chi connectivity index (χ0n) is 10.4. The van der Waals surface area contributed by atoms with E-state index in [0.29, 0.717) is 5.69 Å². The second-order valence-corrected chi connectivity index (χ2v) is 4.98. The minimum Gasteiger partial charge on any atom is -0.377 e. The quantitative estimate of drug-likeness (QED) is 0.868. The Kier molecular flexibility index (Phi) is 3.42. The molecular formula is C13H14F3N3. The third kappa shape index (κ3) is 2.99. The molecule has 0 aromatic heterocycles. The Hall–Kier alpha value is -1.74. The number of halogens is 3. The molecule has 1 atom stereocenters. The van der Waals surface area contributed by atoms with E-state index in [1.807, 2.05) is 13.0 Å². The molecule has 0 amide bonds. The Morgan fingerprint density at radius 3 is 2.68 bits per heavy atom. The van der Waals surface area contributed by atoms with Crippen molar-refractivity contribution in [2.24, 2.45) is 0 Å². The van der Waals surface area contributed by atoms with Gasteiger partial charge in [0.25, 0.3) is 0 Å². The van der Waals surface area contributed by atoms with Crippen molar-refractivity contribution < 1.29 is 13.2 Å². The van der Waals surface area contributed by atoms with Crippen LogP contribution in [0.25, 0.3) is 0 Å². The summed E-state index contributed by atoms with van der Waals surface area (Å²) in [5, 5.41) is 15.3. The number of rotatable bonds is 2. The van der Waals surface area contributed by atoms with E-state index >= 15 is 0 Å². The lowest BCUT2D eigenvalue weighted by atomic mass is 9.99. The fraction of sp³-hybridized carbons (Fsp3) is 0.462. The molecule has 0 aliphatic carbocycles. The van der Waals surface area contributed by atoms with Crippen LogP contribution >= 0.6 is 0 Å². The highest BCUT2D eigenvalue weighted by Gasteiger charge is 2.32. The number of anilines is 1. The van der Waals surface area contributed by atoms with Crippen molar-refractivity contribution in [1.82, 2.24) is 5.32 Å². The van der Waals surface area contributed by atoms with Gasteiger partial charge in [-0.2, -0.15) is 18.4 Å². The summed E-state index contributed by atoms with van der Waals surface area (Å²) in [6.45, 7) is 3.55. The summed E-state index contributed by atoms with van der Waals surface area (Å²) in [6.07, 6.45) is -3.57. The van der Waals surface area contributed by atoms with Crippen LogP contribution in [0.2, 0.25) is 0 Å². The highest BCUT2D eigenvalue weighted by atomic mass is 19.4. The number of hydrogen-bond donors (Lipinski definition) is 2. The van der Waals surface area contributed by atoms with Gasteiger partial charge in [-0.25, -0.2) is 0 Å². The van der Waals surface area contributed by atoms with Crippen LogP contribution < -0.4 is 10.6 Å². The molecule has 1 saturated heterocycles. The van der Waals surface area contributed by atoms with Gasteiger partial charge in [-0.1, -0.05) is 0 Å². The van der Waals surface area contributed by atoms with Gasteiger partial charge in [0, 0.05) is 12.1 Å². The van der Waals surface area contributed by atoms with Crippen molar-refractivity contribution in [3.63, 3.8) is 0 Å². The molecule has 102 valence electrons. The smallest absolute Gasteiger partial charge is 0.377 e. The number of alkyl halides is 3. The van der Waals surface area contributed by atoms with Crippen molar-refractivity contribution in [3.05, 3.63) is 29.3 Å². The fourth-order valence-electron chi connectivity index (χ4n) is 2.17. The van der Waals surface area contributed by atoms with Gasteiger partial charge in [-0.3, -0.25) is 0 Å². The van der Waals surface area contributed by atoms with Gasteiger partial charge >= 0.3 is 6.18 Å². The predicted octanol–water partition coefficient (Wildman–Crippen LogP) is 2.74. The summed E-state index contributed by atoms with van der Waals surface area (Å²) in [7, 11) is 0. The van der Waals surface area contributed by atoms with Gasteiger partial charge in [0.1, 0.15) is 6.07 Å². The van der Waals surface area contributed by atoms with E-state index in [0.717, 1.165) is 31.6 Å². The summed E-state index contributed by atoms with van der Waals surface area (Å²) in [4.78, 5) is 0. The van der Waals surface area contributed by atoms with Crippen LogP contribution in [0.5, 0.6) is 0 Å². The first kappa shape index (κ1) is 13.7. The molecule has 2 N–H and O–H groups in total. The number of benzene rings is 1. The zero-order valence-corrected chi connectivity index (χ0v) is 10.4. The van der Waals surface area contributed by atoms with Crippen LogP contribution in [0.15, 0.2) is 18.2 Å². The lowest BCUT2D eigenvalue weighted by Crippen LogP contribution is -2.37. The monoisotopic (exact) mass is 269 g/mol. The Morgan fingerprint density at radius 1 is 1.42 bits per heavy atom. The number of nitrogens with one attached hydrogen (secondary N) is 2. The lowest BCUT2D eigenvalue weighted by Gasteiger charge is -2.26. The van der Waals surface area contributed by atoms with E-state index in [1.54, 1.807) is 0 Å². The minimum absolute atomic E-state index is 0.0166. The van der Waals surface area contributed by atoms with Gasteiger partial charge < -0.3 is 10.6 Å². The van der Waals surface area contributed by atoms with Crippen molar-refractivity contribution in [2.45, 2.75) is 25.1 Å². The number of hydrogen-bond acceptors (Lipinski definition) is 3. The number of nitrogens with zero attached hydrogens (tertiary/aromatic N) is 1. The Labute approximate surface area is 109 Å². The highest BCUT2D eigenvalue weighted by molar-refractivity contribution is 5.60. The minimum atomic E-state index is -4.43. The summed E-state index contributed by atoms with van der Waals surface area (Å²) in [5.41, 5.74) is -0.570. The fourth-order valence-corrected chi connectivity index (χ4v) is 2.17. The summed E-state index contributed by atoms with van der Waals surface area (Å²) < 4.78 is 37.7. The molecule has 1 heterocycles. The molecule has 3 nitrogen and oxygen atoms in total. The second-order valence-electron chi connectivity index (χ2n) is 4.98. The standard InChI is InChI=1S/C13H14F3N3/c1-12(4-5-18-8-12)19-11-3-2-10(13(14,15)16)6-9(11)7-17/h2-3,6,18-19H,4-5,8H2,1H3. The highest BCUT2D eigenvalue weighted by Crippen LogP contribution is 2.32. The van der Waals surface area contributed by atoms with Crippen LogP contribution in [-0.4, -0.2) is 18.6 Å². The topological polar surface area (TPSA) is 47.9 Å². The van der Waals surface area contributed by atoms with E-state index in [9.17, 15) is 13.2 Å². The molecule has 0 radical (unpaired) electrons. The van der Waals surface area contributed by atoms with Crippen molar-refractivity contribution >= 4 is 5.69 Å². The molecular weight excluding hydrogens is 255 g/mol. The first-order chi connectivity index (χ1) is 8.84. The van der Waals surface area contributed by atoms with Crippen LogP contribution in [0.4, 0.5) is 18.9 Å². The molecule has 1 aromatic rings. The van der Waals surface area contributed by atoms with Gasteiger partial charge in [0.05, 0.1) is 16.8 Å². The van der Waals surface area contributed by atoms with Crippen LogP contribution in [-0.2, 0) is 6.18 Å². The molecule has 19 heavy (non-hydrogen) atoms. The van der Waals surface area contributed by atoms with E-state index in [2.05, 4.69) is 10.6 Å². The first-order valence-corrected chi connectivity index (χ1v) is 5.94. The van der Waals surface area contributed by atoms with E-state index < -0.39 is 11.7 Å². The van der Waals surface area contributed by atoms with Crippen LogP contribution in [0.1, 0.15) is 24.5 Å². The molecule has 1 unspecified atom stereocenters. The summed E-state index contributed by atoms with van der Waals surface area (Å²) in [5.74, 6) is 0. The van der Waals surface area contributed by atoms with Gasteiger partial charge in [0.2, 0.25) is 0 Å². The van der Waals surface area contributed by atoms with E-state index in [4.69, 9.17) is 5.26 Å². The Morgan fingerprint density at radius 2 is 2.16 bits per heavy atom. The molecule has 1 aliphatic heterocycles. The maximum Gasteiger partial charge on any atom is 0.416 e. The maximum atomic E-state index is 12.6. The first-order valence-electron chi connectivity index (χ1n) is 5.94. The number of nitriles is 1. The molecule has 1 fully saturated rings. The van der Waals surface area contributed by atoms with Gasteiger partial charge in [0.15, 0.2) is 0 Å². The van der Waals surface area contributed by atoms with Crippen molar-refractivity contribution in [3.8, 4) is 6.07 Å². The average Bonchev–Trinajstić information content (AvgIpc) is 2.75. The summed E-state index contributed by atoms with van der Waals surface area (Å²) in [6, 6.07) is 5.02. The van der Waals surface area contributed by atoms with Crippen LogP contribution in [0.3, 0.4) is 0 Å². The third-order valence-corrected chi connectivity index (χ3v) is 3.27. The van der Waals surface area contributed by atoms with Crippen molar-refractivity contribution in [2.75, 3.05) is 18.4 Å². The molecule has 0 bridgehead atoms. The third-order valence-electron chi connectivity index (χ3n) is 3.27. The SMILES string of the molecule is CC1(Nc2ccc(C(F)(F)F)cc2C#N)CCNC1. The Bertz CT molecular complexity index is 511. The largest absolute Gasteiger partial charge is 0.416 e. The van der Waals surface area contributed by atoms with Gasteiger partial charge in [-0.15, -0.1) is 0 Å². The average molecular weight is 269 g/mol. The molecule has 2 rings (SSSR count). The van der Waals surface area contributed by atoms with Gasteiger partial charge in [-0.05, 0) is 38.1 Å². The zero-order chi connectivity index (χ0) is 14.1.